The fourth-order valence-corrected chi connectivity index (χ4v) is 4.18. The summed E-state index contributed by atoms with van der Waals surface area (Å²) in [4.78, 5) is 22.3. The van der Waals surface area contributed by atoms with Gasteiger partial charge >= 0.3 is 0 Å². The normalized spacial score (nSPS) is 11.9. The van der Waals surface area contributed by atoms with Gasteiger partial charge in [0.2, 0.25) is 0 Å². The predicted molar refractivity (Wildman–Crippen MR) is 97.9 cm³/mol. The van der Waals surface area contributed by atoms with E-state index in [2.05, 4.69) is 36.1 Å². The quantitative estimate of drug-likeness (QED) is 0.717. The van der Waals surface area contributed by atoms with Gasteiger partial charge in [0.15, 0.2) is 5.13 Å². The summed E-state index contributed by atoms with van der Waals surface area (Å²) < 4.78 is 1.08. The molecular formula is C17H19N3OS2. The summed E-state index contributed by atoms with van der Waals surface area (Å²) in [6, 6.07) is 6.05. The van der Waals surface area contributed by atoms with Gasteiger partial charge in [0.25, 0.3) is 5.91 Å². The van der Waals surface area contributed by atoms with Gasteiger partial charge in [-0.05, 0) is 25.5 Å². The van der Waals surface area contributed by atoms with E-state index in [0.717, 1.165) is 26.5 Å². The van der Waals surface area contributed by atoms with Gasteiger partial charge in [0, 0.05) is 5.41 Å². The van der Waals surface area contributed by atoms with E-state index in [1.165, 1.54) is 22.7 Å². The largest absolute Gasteiger partial charge is 0.297 e. The number of hydrogen-bond donors (Lipinski definition) is 1. The number of amides is 1. The molecule has 0 aliphatic heterocycles. The zero-order chi connectivity index (χ0) is 16.8. The van der Waals surface area contributed by atoms with Crippen molar-refractivity contribution in [3.8, 4) is 0 Å². The Morgan fingerprint density at radius 3 is 2.48 bits per heavy atom. The van der Waals surface area contributed by atoms with Crippen LogP contribution in [-0.2, 0) is 5.41 Å². The van der Waals surface area contributed by atoms with Gasteiger partial charge < -0.3 is 0 Å². The minimum atomic E-state index is -0.132. The van der Waals surface area contributed by atoms with Crippen LogP contribution in [0.5, 0.6) is 0 Å². The number of rotatable bonds is 2. The van der Waals surface area contributed by atoms with Crippen LogP contribution < -0.4 is 5.32 Å². The van der Waals surface area contributed by atoms with E-state index in [-0.39, 0.29) is 11.3 Å². The molecule has 0 fully saturated rings. The van der Waals surface area contributed by atoms with E-state index >= 15 is 0 Å². The number of carbonyl (C=O) groups is 1. The number of aromatic nitrogens is 2. The van der Waals surface area contributed by atoms with Crippen LogP contribution in [0, 0.1) is 13.8 Å². The highest BCUT2D eigenvalue weighted by molar-refractivity contribution is 7.22. The van der Waals surface area contributed by atoms with Crippen LogP contribution in [0.1, 0.15) is 46.7 Å². The first-order valence-corrected chi connectivity index (χ1v) is 9.04. The predicted octanol–water partition coefficient (Wildman–Crippen LogP) is 4.92. The van der Waals surface area contributed by atoms with Gasteiger partial charge in [-0.25, -0.2) is 9.97 Å². The molecule has 120 valence electrons. The van der Waals surface area contributed by atoms with Crippen molar-refractivity contribution in [3.05, 3.63) is 39.3 Å². The SMILES string of the molecule is Cc1nc(C(C)(C)C)sc1C(=O)Nc1nc2c(C)cccc2s1. The van der Waals surface area contributed by atoms with Crippen molar-refractivity contribution in [2.24, 2.45) is 0 Å². The first-order chi connectivity index (χ1) is 10.8. The molecule has 2 heterocycles. The Hall–Kier alpha value is -1.79. The molecule has 3 aromatic rings. The second-order valence-electron chi connectivity index (χ2n) is 6.58. The molecule has 0 aliphatic rings. The lowest BCUT2D eigenvalue weighted by molar-refractivity contribution is 0.103. The maximum Gasteiger partial charge on any atom is 0.269 e. The Bertz CT molecular complexity index is 887. The molecular weight excluding hydrogens is 326 g/mol. The number of fused-ring (bicyclic) bond motifs is 1. The van der Waals surface area contributed by atoms with Gasteiger partial charge in [-0.1, -0.05) is 44.2 Å². The molecule has 23 heavy (non-hydrogen) atoms. The van der Waals surface area contributed by atoms with Gasteiger partial charge in [0.1, 0.15) is 4.88 Å². The Morgan fingerprint density at radius 1 is 1.13 bits per heavy atom. The van der Waals surface area contributed by atoms with Crippen molar-refractivity contribution in [1.29, 1.82) is 0 Å². The van der Waals surface area contributed by atoms with Crippen molar-refractivity contribution < 1.29 is 4.79 Å². The molecule has 0 radical (unpaired) electrons. The van der Waals surface area contributed by atoms with Gasteiger partial charge in [-0.3, -0.25) is 10.1 Å². The smallest absolute Gasteiger partial charge is 0.269 e. The molecule has 0 bridgehead atoms. The summed E-state index contributed by atoms with van der Waals surface area (Å²) in [5, 5.41) is 4.52. The molecule has 1 aromatic carbocycles. The van der Waals surface area contributed by atoms with Crippen molar-refractivity contribution >= 4 is 43.9 Å². The maximum atomic E-state index is 12.6. The third-order valence-corrected chi connectivity index (χ3v) is 6.00. The summed E-state index contributed by atoms with van der Waals surface area (Å²) >= 11 is 2.95. The molecule has 6 heteroatoms. The number of thiazole rings is 2. The Balaban J connectivity index is 1.89. The lowest BCUT2D eigenvalue weighted by Gasteiger charge is -2.13. The maximum absolute atomic E-state index is 12.6. The summed E-state index contributed by atoms with van der Waals surface area (Å²) in [6.45, 7) is 10.2. The van der Waals surface area contributed by atoms with Crippen molar-refractivity contribution in [3.63, 3.8) is 0 Å². The lowest BCUT2D eigenvalue weighted by Crippen LogP contribution is -2.11. The zero-order valence-electron chi connectivity index (χ0n) is 13.9. The summed E-state index contributed by atoms with van der Waals surface area (Å²) in [5.74, 6) is -0.132. The molecule has 0 atom stereocenters. The second kappa shape index (κ2) is 5.69. The molecule has 0 spiro atoms. The average molecular weight is 345 g/mol. The highest BCUT2D eigenvalue weighted by Crippen LogP contribution is 2.31. The highest BCUT2D eigenvalue weighted by atomic mass is 32.1. The van der Waals surface area contributed by atoms with E-state index in [0.29, 0.717) is 10.0 Å². The minimum absolute atomic E-state index is 0.0546. The Kier molecular flexibility index (Phi) is 3.98. The van der Waals surface area contributed by atoms with Gasteiger partial charge in [-0.15, -0.1) is 11.3 Å². The fourth-order valence-electron chi connectivity index (χ4n) is 2.22. The molecule has 0 aliphatic carbocycles. The van der Waals surface area contributed by atoms with Crippen LogP contribution in [0.2, 0.25) is 0 Å². The molecule has 0 saturated carbocycles. The molecule has 0 unspecified atom stereocenters. The molecule has 4 nitrogen and oxygen atoms in total. The molecule has 3 rings (SSSR count). The monoisotopic (exact) mass is 345 g/mol. The summed E-state index contributed by atoms with van der Waals surface area (Å²) in [5.41, 5.74) is 2.78. The minimum Gasteiger partial charge on any atom is -0.297 e. The average Bonchev–Trinajstić information content (AvgIpc) is 3.02. The summed E-state index contributed by atoms with van der Waals surface area (Å²) in [6.07, 6.45) is 0. The van der Waals surface area contributed by atoms with Crippen LogP contribution in [0.25, 0.3) is 10.2 Å². The summed E-state index contributed by atoms with van der Waals surface area (Å²) in [7, 11) is 0. The highest BCUT2D eigenvalue weighted by Gasteiger charge is 2.23. The van der Waals surface area contributed by atoms with E-state index < -0.39 is 0 Å². The van der Waals surface area contributed by atoms with E-state index in [9.17, 15) is 4.79 Å². The zero-order valence-corrected chi connectivity index (χ0v) is 15.5. The molecule has 1 N–H and O–H groups in total. The number of carbonyl (C=O) groups excluding carboxylic acids is 1. The number of para-hydroxylation sites is 1. The number of nitrogens with zero attached hydrogens (tertiary/aromatic N) is 2. The van der Waals surface area contributed by atoms with E-state index in [1.54, 1.807) is 0 Å². The number of benzene rings is 1. The van der Waals surface area contributed by atoms with Crippen LogP contribution >= 0.6 is 22.7 Å². The molecule has 0 saturated heterocycles. The van der Waals surface area contributed by atoms with Crippen molar-refractivity contribution in [2.75, 3.05) is 5.32 Å². The Morgan fingerprint density at radius 2 is 1.87 bits per heavy atom. The van der Waals surface area contributed by atoms with Crippen LogP contribution in [0.3, 0.4) is 0 Å². The Labute approximate surface area is 143 Å². The van der Waals surface area contributed by atoms with Crippen molar-refractivity contribution in [2.45, 2.75) is 40.0 Å². The third-order valence-electron chi connectivity index (χ3n) is 3.49. The number of aryl methyl sites for hydroxylation is 2. The number of anilines is 1. The third kappa shape index (κ3) is 3.14. The van der Waals surface area contributed by atoms with Crippen LogP contribution in [-0.4, -0.2) is 15.9 Å². The first kappa shape index (κ1) is 16.1. The lowest BCUT2D eigenvalue weighted by atomic mass is 9.98. The van der Waals surface area contributed by atoms with E-state index in [4.69, 9.17) is 0 Å². The fraction of sp³-hybridized carbons (Fsp3) is 0.353. The van der Waals surface area contributed by atoms with Crippen LogP contribution in [0.4, 0.5) is 5.13 Å². The standard InChI is InChI=1S/C17H19N3OS2/c1-9-7-6-8-11-12(9)19-16(22-11)20-14(21)13-10(2)18-15(23-13)17(3,4)5/h6-8H,1-5H3,(H,19,20,21). The van der Waals surface area contributed by atoms with Gasteiger partial charge in [0.05, 0.1) is 20.9 Å². The van der Waals surface area contributed by atoms with Crippen molar-refractivity contribution in [1.82, 2.24) is 9.97 Å². The molecule has 2 aromatic heterocycles. The first-order valence-electron chi connectivity index (χ1n) is 7.41. The van der Waals surface area contributed by atoms with E-state index in [1.807, 2.05) is 32.0 Å². The topological polar surface area (TPSA) is 54.9 Å². The molecule has 1 amide bonds. The second-order valence-corrected chi connectivity index (χ2v) is 8.61. The number of nitrogens with one attached hydrogen (secondary N) is 1. The van der Waals surface area contributed by atoms with Gasteiger partial charge in [-0.2, -0.15) is 0 Å². The van der Waals surface area contributed by atoms with Crippen LogP contribution in [0.15, 0.2) is 18.2 Å². The number of hydrogen-bond acceptors (Lipinski definition) is 5.